The zero-order valence-corrected chi connectivity index (χ0v) is 16.3. The molecule has 1 heterocycles. The molecule has 2 aromatic rings. The number of aromatic nitrogens is 1. The van der Waals surface area contributed by atoms with Gasteiger partial charge in [-0.25, -0.2) is 12.4 Å². The third-order valence-electron chi connectivity index (χ3n) is 5.55. The first-order chi connectivity index (χ1) is 12.9. The second-order valence-corrected chi connectivity index (χ2v) is 9.72. The summed E-state index contributed by atoms with van der Waals surface area (Å²) in [6.45, 7) is 3.95. The number of esters is 1. The molecule has 0 saturated heterocycles. The Hall–Kier alpha value is -2.34. The molecule has 1 aromatic heterocycles. The van der Waals surface area contributed by atoms with Crippen LogP contribution >= 0.6 is 0 Å². The zero-order chi connectivity index (χ0) is 19.2. The fourth-order valence-corrected chi connectivity index (χ4v) is 5.43. The van der Waals surface area contributed by atoms with Crippen molar-refractivity contribution < 1.29 is 17.9 Å². The summed E-state index contributed by atoms with van der Waals surface area (Å²) in [4.78, 5) is 11.9. The summed E-state index contributed by atoms with van der Waals surface area (Å²) in [5.41, 5.74) is 1.72. The van der Waals surface area contributed by atoms with Gasteiger partial charge in [0.1, 0.15) is 4.75 Å². The fourth-order valence-electron chi connectivity index (χ4n) is 3.77. The number of nitrogens with zero attached hydrogens (tertiary/aromatic N) is 1. The number of allylic oxidation sites excluding steroid dienone is 3. The second-order valence-electron chi connectivity index (χ2n) is 7.44. The number of hydrogen-bond acceptors (Lipinski definition) is 4. The van der Waals surface area contributed by atoms with Crippen molar-refractivity contribution in [2.45, 2.75) is 37.4 Å². The minimum absolute atomic E-state index is 0.0775. The molecule has 2 aliphatic rings. The molecule has 27 heavy (non-hydrogen) atoms. The van der Waals surface area contributed by atoms with Gasteiger partial charge in [0.05, 0.1) is 18.0 Å². The van der Waals surface area contributed by atoms with E-state index in [1.54, 1.807) is 25.3 Å². The van der Waals surface area contributed by atoms with Crippen molar-refractivity contribution in [1.82, 2.24) is 3.97 Å². The van der Waals surface area contributed by atoms with Gasteiger partial charge >= 0.3 is 5.97 Å². The molecule has 0 N–H and O–H groups in total. The summed E-state index contributed by atoms with van der Waals surface area (Å²) >= 11 is 0. The van der Waals surface area contributed by atoms with Gasteiger partial charge in [0.25, 0.3) is 0 Å². The highest BCUT2D eigenvalue weighted by atomic mass is 32.2. The van der Waals surface area contributed by atoms with Crippen molar-refractivity contribution in [2.24, 2.45) is 5.92 Å². The lowest BCUT2D eigenvalue weighted by atomic mass is 10.0. The van der Waals surface area contributed by atoms with Crippen LogP contribution in [0.1, 0.15) is 38.2 Å². The van der Waals surface area contributed by atoms with E-state index < -0.39 is 14.8 Å². The zero-order valence-electron chi connectivity index (χ0n) is 15.5. The normalized spacial score (nSPS) is 27.0. The minimum Gasteiger partial charge on any atom is -0.466 e. The summed E-state index contributed by atoms with van der Waals surface area (Å²) in [5.74, 6) is -0.0588. The molecule has 1 aromatic carbocycles. The number of ether oxygens (including phenoxy) is 1. The molecule has 1 saturated carbocycles. The van der Waals surface area contributed by atoms with Crippen LogP contribution in [0, 0.1) is 5.92 Å². The van der Waals surface area contributed by atoms with Crippen LogP contribution in [-0.2, 0) is 19.6 Å². The molecular formula is C21H23NO4S. The van der Waals surface area contributed by atoms with Crippen LogP contribution in [0.5, 0.6) is 0 Å². The molecule has 4 rings (SSSR count). The van der Waals surface area contributed by atoms with Crippen LogP contribution in [0.15, 0.2) is 54.8 Å². The molecule has 5 nitrogen and oxygen atoms in total. The van der Waals surface area contributed by atoms with Gasteiger partial charge in [-0.2, -0.15) is 0 Å². The predicted octanol–water partition coefficient (Wildman–Crippen LogP) is 3.76. The topological polar surface area (TPSA) is 65.4 Å². The monoisotopic (exact) mass is 385 g/mol. The van der Waals surface area contributed by atoms with Crippen LogP contribution in [0.3, 0.4) is 0 Å². The number of hydrogen-bond donors (Lipinski definition) is 0. The van der Waals surface area contributed by atoms with E-state index in [0.29, 0.717) is 18.5 Å². The van der Waals surface area contributed by atoms with Gasteiger partial charge in [-0.3, -0.25) is 4.79 Å². The lowest BCUT2D eigenvalue weighted by Crippen LogP contribution is -2.37. The molecule has 0 aliphatic heterocycles. The van der Waals surface area contributed by atoms with E-state index in [9.17, 15) is 13.2 Å². The van der Waals surface area contributed by atoms with Crippen molar-refractivity contribution in [2.75, 3.05) is 6.61 Å². The molecule has 3 atom stereocenters. The quantitative estimate of drug-likeness (QED) is 0.735. The van der Waals surface area contributed by atoms with Gasteiger partial charge in [-0.1, -0.05) is 30.4 Å². The van der Waals surface area contributed by atoms with Crippen molar-refractivity contribution >= 4 is 26.9 Å². The van der Waals surface area contributed by atoms with Gasteiger partial charge < -0.3 is 4.74 Å². The molecule has 142 valence electrons. The highest BCUT2D eigenvalue weighted by Gasteiger charge is 2.45. The van der Waals surface area contributed by atoms with E-state index in [-0.39, 0.29) is 17.8 Å². The van der Waals surface area contributed by atoms with E-state index >= 15 is 0 Å². The maximum atomic E-state index is 13.2. The van der Waals surface area contributed by atoms with Crippen molar-refractivity contribution in [3.63, 3.8) is 0 Å². The van der Waals surface area contributed by atoms with E-state index in [2.05, 4.69) is 0 Å². The maximum absolute atomic E-state index is 13.2. The molecule has 1 fully saturated rings. The van der Waals surface area contributed by atoms with Crippen LogP contribution in [0.2, 0.25) is 0 Å². The second kappa shape index (κ2) is 6.37. The summed E-state index contributed by atoms with van der Waals surface area (Å²) < 4.78 is 32.0. The number of rotatable bonds is 5. The van der Waals surface area contributed by atoms with E-state index in [4.69, 9.17) is 4.74 Å². The predicted molar refractivity (Wildman–Crippen MR) is 105 cm³/mol. The average Bonchev–Trinajstić information content (AvgIpc) is 3.34. The van der Waals surface area contributed by atoms with Gasteiger partial charge in [0.15, 0.2) is 0 Å². The number of fused-ring (bicyclic) bond motifs is 1. The SMILES string of the molecule is CCOC(=O)C1CC1c1ccc2c(ccn2S(=O)(=O)C2(C)C=CC=CC2)c1. The standard InChI is InChI=1S/C21H23NO4S/c1-3-26-20(23)18-14-17(18)15-7-8-19-16(13-15)9-12-22(19)27(24,25)21(2)10-5-4-6-11-21/h4-10,12-13,17-18H,3,11,14H2,1-2H3. The number of carbonyl (C=O) groups excluding carboxylic acids is 1. The van der Waals surface area contributed by atoms with Gasteiger partial charge in [-0.05, 0) is 56.4 Å². The first kappa shape index (κ1) is 18.0. The Labute approximate surface area is 159 Å². The first-order valence-electron chi connectivity index (χ1n) is 9.24. The van der Waals surface area contributed by atoms with Crippen LogP contribution in [0.4, 0.5) is 0 Å². The van der Waals surface area contributed by atoms with Gasteiger partial charge in [0, 0.05) is 11.6 Å². The fraction of sp³-hybridized carbons (Fsp3) is 0.381. The van der Waals surface area contributed by atoms with Crippen LogP contribution < -0.4 is 0 Å². The van der Waals surface area contributed by atoms with Gasteiger partial charge in [-0.15, -0.1) is 0 Å². The average molecular weight is 385 g/mol. The molecule has 6 heteroatoms. The lowest BCUT2D eigenvalue weighted by Gasteiger charge is -2.27. The maximum Gasteiger partial charge on any atom is 0.309 e. The van der Waals surface area contributed by atoms with E-state index in [1.807, 2.05) is 43.3 Å². The Morgan fingerprint density at radius 3 is 2.81 bits per heavy atom. The van der Waals surface area contributed by atoms with Crippen molar-refractivity contribution in [3.8, 4) is 0 Å². The Kier molecular flexibility index (Phi) is 4.26. The highest BCUT2D eigenvalue weighted by molar-refractivity contribution is 7.91. The minimum atomic E-state index is -3.59. The Morgan fingerprint density at radius 1 is 1.30 bits per heavy atom. The number of benzene rings is 1. The van der Waals surface area contributed by atoms with Gasteiger partial charge in [0.2, 0.25) is 10.0 Å². The Morgan fingerprint density at radius 2 is 2.11 bits per heavy atom. The van der Waals surface area contributed by atoms with Crippen LogP contribution in [0.25, 0.3) is 10.9 Å². The van der Waals surface area contributed by atoms with E-state index in [0.717, 1.165) is 17.4 Å². The molecule has 0 amide bonds. The molecule has 2 aliphatic carbocycles. The largest absolute Gasteiger partial charge is 0.466 e. The Bertz CT molecular complexity index is 1060. The first-order valence-corrected chi connectivity index (χ1v) is 10.7. The molecule has 0 bridgehead atoms. The smallest absolute Gasteiger partial charge is 0.309 e. The summed E-state index contributed by atoms with van der Waals surface area (Å²) in [6, 6.07) is 7.58. The third-order valence-corrected chi connectivity index (χ3v) is 7.87. The summed E-state index contributed by atoms with van der Waals surface area (Å²) in [5, 5.41) is 0.865. The van der Waals surface area contributed by atoms with Crippen molar-refractivity contribution in [1.29, 1.82) is 0 Å². The third kappa shape index (κ3) is 2.92. The number of carbonyl (C=O) groups is 1. The molecule has 3 unspecified atom stereocenters. The van der Waals surface area contributed by atoms with E-state index in [1.165, 1.54) is 3.97 Å². The summed E-state index contributed by atoms with van der Waals surface area (Å²) in [7, 11) is -3.59. The highest BCUT2D eigenvalue weighted by Crippen LogP contribution is 2.48. The Balaban J connectivity index is 1.65. The molecule has 0 radical (unpaired) electrons. The molecule has 0 spiro atoms. The summed E-state index contributed by atoms with van der Waals surface area (Å²) in [6.07, 6.45) is 10.1. The van der Waals surface area contributed by atoms with Crippen LogP contribution in [-0.4, -0.2) is 29.7 Å². The lowest BCUT2D eigenvalue weighted by molar-refractivity contribution is -0.144. The van der Waals surface area contributed by atoms with Crippen molar-refractivity contribution in [3.05, 3.63) is 60.3 Å². The molecular weight excluding hydrogens is 362 g/mol.